The van der Waals surface area contributed by atoms with Crippen LogP contribution in [0, 0.1) is 6.92 Å². The average Bonchev–Trinajstić information content (AvgIpc) is 3.27. The lowest BCUT2D eigenvalue weighted by atomic mass is 9.96. The third-order valence-corrected chi connectivity index (χ3v) is 4.68. The molecule has 0 fully saturated rings. The van der Waals surface area contributed by atoms with Gasteiger partial charge in [0.25, 0.3) is 0 Å². The first kappa shape index (κ1) is 19.3. The Kier molecular flexibility index (Phi) is 4.97. The molecule has 0 radical (unpaired) electrons. The van der Waals surface area contributed by atoms with Crippen LogP contribution >= 0.6 is 0 Å². The molecule has 2 heterocycles. The maximum Gasteiger partial charge on any atom is 0.237 e. The largest absolute Gasteiger partial charge is 0.326 e. The molecule has 2 amide bonds. The topological polar surface area (TPSA) is 116 Å². The summed E-state index contributed by atoms with van der Waals surface area (Å²) < 4.78 is 0. The van der Waals surface area contributed by atoms with Crippen molar-refractivity contribution in [2.24, 2.45) is 4.99 Å². The Hall–Kier alpha value is -4.07. The van der Waals surface area contributed by atoms with Crippen LogP contribution in [0.3, 0.4) is 0 Å². The first-order chi connectivity index (χ1) is 14.4. The Morgan fingerprint density at radius 2 is 1.93 bits per heavy atom. The number of aromatic amines is 1. The number of benzene rings is 2. The lowest BCUT2D eigenvalue weighted by Gasteiger charge is -2.08. The molecule has 3 aromatic rings. The van der Waals surface area contributed by atoms with E-state index in [1.54, 1.807) is 48.5 Å². The molecule has 30 heavy (non-hydrogen) atoms. The normalized spacial score (nSPS) is 15.1. The van der Waals surface area contributed by atoms with Crippen molar-refractivity contribution in [3.05, 3.63) is 70.9 Å². The first-order valence-corrected chi connectivity index (χ1v) is 9.34. The van der Waals surface area contributed by atoms with Crippen LogP contribution in [-0.2, 0) is 9.59 Å². The highest BCUT2D eigenvalue weighted by atomic mass is 16.2. The van der Waals surface area contributed by atoms with Crippen LogP contribution < -0.4 is 10.6 Å². The molecule has 0 aliphatic carbocycles. The second-order valence-electron chi connectivity index (χ2n) is 7.05. The van der Waals surface area contributed by atoms with Crippen molar-refractivity contribution < 1.29 is 14.4 Å². The summed E-state index contributed by atoms with van der Waals surface area (Å²) in [5.41, 5.74) is 3.63. The minimum Gasteiger partial charge on any atom is -0.326 e. The van der Waals surface area contributed by atoms with Crippen molar-refractivity contribution in [1.82, 2.24) is 10.2 Å². The Morgan fingerprint density at radius 1 is 1.13 bits per heavy atom. The summed E-state index contributed by atoms with van der Waals surface area (Å²) in [4.78, 5) is 40.9. The molecule has 0 saturated heterocycles. The number of nitrogens with zero attached hydrogens (tertiary/aromatic N) is 2. The van der Waals surface area contributed by atoms with E-state index in [-0.39, 0.29) is 17.6 Å². The Morgan fingerprint density at radius 3 is 2.67 bits per heavy atom. The van der Waals surface area contributed by atoms with Crippen LogP contribution in [0.2, 0.25) is 0 Å². The van der Waals surface area contributed by atoms with Gasteiger partial charge in [0.15, 0.2) is 11.6 Å². The molecule has 1 unspecified atom stereocenters. The van der Waals surface area contributed by atoms with Gasteiger partial charge < -0.3 is 10.6 Å². The van der Waals surface area contributed by atoms with Crippen LogP contribution in [0.4, 0.5) is 17.2 Å². The van der Waals surface area contributed by atoms with Crippen LogP contribution in [0.25, 0.3) is 0 Å². The van der Waals surface area contributed by atoms with Gasteiger partial charge in [0.2, 0.25) is 11.8 Å². The van der Waals surface area contributed by atoms with Gasteiger partial charge in [-0.1, -0.05) is 12.1 Å². The number of aromatic nitrogens is 2. The fraction of sp³-hybridized carbons (Fsp3) is 0.136. The number of aryl methyl sites for hydroxylation is 1. The Balaban J connectivity index is 1.62. The zero-order chi connectivity index (χ0) is 21.3. The fourth-order valence-electron chi connectivity index (χ4n) is 3.30. The molecule has 0 saturated carbocycles. The van der Waals surface area contributed by atoms with Crippen LogP contribution in [-0.4, -0.2) is 34.0 Å². The molecular weight excluding hydrogens is 382 g/mol. The molecule has 1 aliphatic heterocycles. The number of anilines is 2. The number of fused-ring (bicyclic) bond motifs is 1. The van der Waals surface area contributed by atoms with Gasteiger partial charge in [0, 0.05) is 47.4 Å². The van der Waals surface area contributed by atoms with Gasteiger partial charge in [-0.25, -0.2) is 4.99 Å². The zero-order valence-electron chi connectivity index (χ0n) is 16.4. The summed E-state index contributed by atoms with van der Waals surface area (Å²) in [6, 6.07) is 13.6. The van der Waals surface area contributed by atoms with Crippen molar-refractivity contribution in [3.8, 4) is 0 Å². The van der Waals surface area contributed by atoms with Gasteiger partial charge in [0.05, 0.1) is 0 Å². The van der Waals surface area contributed by atoms with Crippen LogP contribution in [0.5, 0.6) is 0 Å². The number of hydrogen-bond donors (Lipinski definition) is 3. The first-order valence-electron chi connectivity index (χ1n) is 9.34. The molecule has 4 rings (SSSR count). The number of aliphatic imine (C=N–C) groups is 1. The van der Waals surface area contributed by atoms with E-state index in [9.17, 15) is 14.4 Å². The molecule has 2 aromatic carbocycles. The van der Waals surface area contributed by atoms with E-state index < -0.39 is 5.92 Å². The zero-order valence-corrected chi connectivity index (χ0v) is 16.4. The monoisotopic (exact) mass is 401 g/mol. The van der Waals surface area contributed by atoms with Crippen molar-refractivity contribution >= 4 is 41.0 Å². The molecule has 3 N–H and O–H groups in total. The van der Waals surface area contributed by atoms with E-state index in [2.05, 4.69) is 25.8 Å². The van der Waals surface area contributed by atoms with E-state index in [0.717, 1.165) is 5.69 Å². The average molecular weight is 401 g/mol. The van der Waals surface area contributed by atoms with Gasteiger partial charge >= 0.3 is 0 Å². The second kappa shape index (κ2) is 7.75. The molecule has 8 nitrogen and oxygen atoms in total. The molecule has 1 atom stereocenters. The quantitative estimate of drug-likeness (QED) is 0.449. The lowest BCUT2D eigenvalue weighted by Crippen LogP contribution is -2.13. The summed E-state index contributed by atoms with van der Waals surface area (Å²) in [6.07, 6.45) is 1.53. The highest BCUT2D eigenvalue weighted by Crippen LogP contribution is 2.33. The molecule has 1 aliphatic rings. The fourth-order valence-corrected chi connectivity index (χ4v) is 3.30. The van der Waals surface area contributed by atoms with Crippen molar-refractivity contribution in [3.63, 3.8) is 0 Å². The molecule has 0 bridgehead atoms. The van der Waals surface area contributed by atoms with E-state index in [0.29, 0.717) is 33.9 Å². The van der Waals surface area contributed by atoms with Gasteiger partial charge in [0.1, 0.15) is 5.92 Å². The van der Waals surface area contributed by atoms with E-state index in [4.69, 9.17) is 0 Å². The number of nitrogens with one attached hydrogen (secondary N) is 3. The second-order valence-corrected chi connectivity index (χ2v) is 7.05. The number of carbonyl (C=O) groups is 3. The van der Waals surface area contributed by atoms with Gasteiger partial charge in [-0.3, -0.25) is 19.5 Å². The molecule has 0 spiro atoms. The summed E-state index contributed by atoms with van der Waals surface area (Å²) in [5, 5.41) is 12.3. The van der Waals surface area contributed by atoms with Gasteiger partial charge in [-0.15, -0.1) is 0 Å². The van der Waals surface area contributed by atoms with Crippen molar-refractivity contribution in [1.29, 1.82) is 0 Å². The minimum atomic E-state index is -0.615. The lowest BCUT2D eigenvalue weighted by molar-refractivity contribution is -0.116. The summed E-state index contributed by atoms with van der Waals surface area (Å²) >= 11 is 0. The number of amides is 2. The van der Waals surface area contributed by atoms with E-state index in [1.807, 2.05) is 6.92 Å². The third kappa shape index (κ3) is 3.88. The van der Waals surface area contributed by atoms with E-state index >= 15 is 0 Å². The highest BCUT2D eigenvalue weighted by molar-refractivity contribution is 6.15. The molecular formula is C22H19N5O3. The van der Waals surface area contributed by atoms with E-state index in [1.165, 1.54) is 13.1 Å². The third-order valence-electron chi connectivity index (χ3n) is 4.68. The molecule has 8 heteroatoms. The standard InChI is InChI=1S/C22H19N5O3/c1-12-8-20(27-26-12)23-11-18-17-10-15(6-7-19(17)25-22(18)30)21(29)14-4-3-5-16(9-14)24-13(2)28/h3-11,18H,1-2H3,(H,24,28)(H,25,30)(H,26,27). The van der Waals surface area contributed by atoms with Crippen LogP contribution in [0.1, 0.15) is 40.0 Å². The van der Waals surface area contributed by atoms with Crippen molar-refractivity contribution in [2.45, 2.75) is 19.8 Å². The predicted molar refractivity (Wildman–Crippen MR) is 113 cm³/mol. The maximum absolute atomic E-state index is 13.0. The molecule has 150 valence electrons. The number of hydrogen-bond acceptors (Lipinski definition) is 5. The summed E-state index contributed by atoms with van der Waals surface area (Å²) in [6.45, 7) is 3.27. The maximum atomic E-state index is 13.0. The van der Waals surface area contributed by atoms with Crippen LogP contribution in [0.15, 0.2) is 53.5 Å². The number of H-pyrrole nitrogens is 1. The number of rotatable bonds is 5. The Bertz CT molecular complexity index is 1190. The number of carbonyl (C=O) groups excluding carboxylic acids is 3. The summed E-state index contributed by atoms with van der Waals surface area (Å²) in [5.74, 6) is -0.761. The summed E-state index contributed by atoms with van der Waals surface area (Å²) in [7, 11) is 0. The molecule has 1 aromatic heterocycles. The SMILES string of the molecule is CC(=O)Nc1cccc(C(=O)c2ccc3c(c2)C(C=Nc2cc(C)[nH]n2)C(=O)N3)c1. The van der Waals surface area contributed by atoms with Gasteiger partial charge in [-0.05, 0) is 42.8 Å². The smallest absolute Gasteiger partial charge is 0.237 e. The van der Waals surface area contributed by atoms with Gasteiger partial charge in [-0.2, -0.15) is 5.10 Å². The highest BCUT2D eigenvalue weighted by Gasteiger charge is 2.30. The Labute approximate surface area is 172 Å². The predicted octanol–water partition coefficient (Wildman–Crippen LogP) is 3.35. The van der Waals surface area contributed by atoms with Crippen molar-refractivity contribution in [2.75, 3.05) is 10.6 Å². The number of ketones is 1. The minimum absolute atomic E-state index is 0.206.